The molecule has 0 spiro atoms. The van der Waals surface area contributed by atoms with Gasteiger partial charge in [-0.1, -0.05) is 48.5 Å². The van der Waals surface area contributed by atoms with E-state index in [1.807, 2.05) is 47.6 Å². The molecule has 0 aliphatic carbocycles. The Bertz CT molecular complexity index is 1220. The summed E-state index contributed by atoms with van der Waals surface area (Å²) in [6, 6.07) is 22.4. The Morgan fingerprint density at radius 3 is 2.65 bits per heavy atom. The molecule has 5 nitrogen and oxygen atoms in total. The van der Waals surface area contributed by atoms with Gasteiger partial charge in [-0.25, -0.2) is 9.99 Å². The molecule has 1 atom stereocenters. The van der Waals surface area contributed by atoms with Crippen LogP contribution >= 0.6 is 23.6 Å². The van der Waals surface area contributed by atoms with E-state index in [0.717, 1.165) is 46.7 Å². The summed E-state index contributed by atoms with van der Waals surface area (Å²) in [6.45, 7) is 0.749. The summed E-state index contributed by atoms with van der Waals surface area (Å²) in [5, 5.41) is 12.8. The first-order chi connectivity index (χ1) is 15.3. The van der Waals surface area contributed by atoms with Gasteiger partial charge in [0.05, 0.1) is 33.5 Å². The van der Waals surface area contributed by atoms with Crippen molar-refractivity contribution in [1.29, 1.82) is 0 Å². The van der Waals surface area contributed by atoms with Crippen molar-refractivity contribution < 1.29 is 0 Å². The maximum Gasteiger partial charge on any atom is 0.190 e. The van der Waals surface area contributed by atoms with E-state index in [0.29, 0.717) is 5.11 Å². The van der Waals surface area contributed by atoms with Gasteiger partial charge in [-0.2, -0.15) is 5.10 Å². The Labute approximate surface area is 190 Å². The Balaban J connectivity index is 1.38. The molecule has 0 amide bonds. The fourth-order valence-corrected chi connectivity index (χ4v) is 4.68. The highest BCUT2D eigenvalue weighted by Crippen LogP contribution is 2.33. The summed E-state index contributed by atoms with van der Waals surface area (Å²) in [7, 11) is 0. The van der Waals surface area contributed by atoms with Crippen LogP contribution < -0.4 is 5.32 Å². The monoisotopic (exact) mass is 443 g/mol. The maximum atomic E-state index is 5.75. The minimum absolute atomic E-state index is 0.0778. The molecule has 0 unspecified atom stereocenters. The number of thiocarbonyl (C=S) groups is 1. The highest BCUT2D eigenvalue weighted by atomic mass is 32.1. The molecule has 1 aliphatic rings. The van der Waals surface area contributed by atoms with E-state index in [1.165, 1.54) is 5.56 Å². The molecular formula is C24H21N5S2. The van der Waals surface area contributed by atoms with Gasteiger partial charge in [-0.15, -0.1) is 11.3 Å². The van der Waals surface area contributed by atoms with Crippen LogP contribution in [0.15, 0.2) is 83.4 Å². The predicted molar refractivity (Wildman–Crippen MR) is 130 cm³/mol. The zero-order valence-corrected chi connectivity index (χ0v) is 18.4. The Kier molecular flexibility index (Phi) is 5.69. The van der Waals surface area contributed by atoms with Crippen molar-refractivity contribution in [2.75, 3.05) is 6.54 Å². The third kappa shape index (κ3) is 4.33. The first-order valence-corrected chi connectivity index (χ1v) is 11.5. The number of nitrogens with zero attached hydrogens (tertiary/aromatic N) is 4. The third-order valence-corrected chi connectivity index (χ3v) is 6.52. The van der Waals surface area contributed by atoms with Crippen molar-refractivity contribution in [2.24, 2.45) is 5.10 Å². The first-order valence-electron chi connectivity index (χ1n) is 10.2. The Morgan fingerprint density at radius 1 is 1.03 bits per heavy atom. The standard InChI is InChI=1S/C24H21N5S2/c30-24(25-13-12-17-7-2-1-3-8-17)29-22(15-20(28-29)23-11-6-14-31-23)21-16-26-18-9-4-5-10-19(18)27-21/h1-11,14,16,22H,12-13,15H2,(H,25,30)/t22-/m1/s1. The number of hydrogen-bond acceptors (Lipinski definition) is 5. The van der Waals surface area contributed by atoms with Gasteiger partial charge in [0.15, 0.2) is 5.11 Å². The van der Waals surface area contributed by atoms with Crippen LogP contribution in [0.25, 0.3) is 11.0 Å². The van der Waals surface area contributed by atoms with Crippen LogP contribution in [0.4, 0.5) is 0 Å². The second-order valence-electron chi connectivity index (χ2n) is 7.34. The molecular weight excluding hydrogens is 422 g/mol. The molecule has 31 heavy (non-hydrogen) atoms. The van der Waals surface area contributed by atoms with E-state index >= 15 is 0 Å². The minimum Gasteiger partial charge on any atom is -0.361 e. The van der Waals surface area contributed by atoms with Gasteiger partial charge in [0.2, 0.25) is 0 Å². The molecule has 5 rings (SSSR count). The predicted octanol–water partition coefficient (Wildman–Crippen LogP) is 4.96. The molecule has 0 fully saturated rings. The molecule has 1 N–H and O–H groups in total. The van der Waals surface area contributed by atoms with Gasteiger partial charge < -0.3 is 5.32 Å². The van der Waals surface area contributed by atoms with Crippen molar-refractivity contribution in [2.45, 2.75) is 18.9 Å². The first kappa shape index (κ1) is 19.8. The van der Waals surface area contributed by atoms with Crippen LogP contribution in [-0.2, 0) is 6.42 Å². The summed E-state index contributed by atoms with van der Waals surface area (Å²) in [6.07, 6.45) is 3.49. The van der Waals surface area contributed by atoms with Gasteiger partial charge in [0.25, 0.3) is 0 Å². The minimum atomic E-state index is -0.0778. The molecule has 0 saturated heterocycles. The van der Waals surface area contributed by atoms with Gasteiger partial charge in [0, 0.05) is 13.0 Å². The summed E-state index contributed by atoms with van der Waals surface area (Å²) in [4.78, 5) is 10.6. The number of hydrazone groups is 1. The van der Waals surface area contributed by atoms with Crippen LogP contribution in [0, 0.1) is 0 Å². The van der Waals surface area contributed by atoms with Crippen LogP contribution in [0.2, 0.25) is 0 Å². The van der Waals surface area contributed by atoms with E-state index in [2.05, 4.69) is 46.0 Å². The van der Waals surface area contributed by atoms with Crippen molar-refractivity contribution in [3.05, 3.63) is 94.4 Å². The van der Waals surface area contributed by atoms with E-state index in [4.69, 9.17) is 22.3 Å². The average Bonchev–Trinajstić information content (AvgIpc) is 3.50. The maximum absolute atomic E-state index is 5.75. The average molecular weight is 444 g/mol. The molecule has 0 bridgehead atoms. The van der Waals surface area contributed by atoms with Crippen molar-refractivity contribution in [1.82, 2.24) is 20.3 Å². The highest BCUT2D eigenvalue weighted by Gasteiger charge is 2.33. The fraction of sp³-hybridized carbons (Fsp3) is 0.167. The second-order valence-corrected chi connectivity index (χ2v) is 8.67. The number of aromatic nitrogens is 2. The quantitative estimate of drug-likeness (QED) is 0.442. The number of para-hydroxylation sites is 2. The van der Waals surface area contributed by atoms with Crippen LogP contribution in [0.3, 0.4) is 0 Å². The van der Waals surface area contributed by atoms with Gasteiger partial charge in [-0.05, 0) is 47.8 Å². The van der Waals surface area contributed by atoms with Crippen molar-refractivity contribution >= 4 is 45.4 Å². The molecule has 7 heteroatoms. The lowest BCUT2D eigenvalue weighted by molar-refractivity contribution is 0.357. The third-order valence-electron chi connectivity index (χ3n) is 5.27. The molecule has 154 valence electrons. The van der Waals surface area contributed by atoms with E-state index in [9.17, 15) is 0 Å². The largest absolute Gasteiger partial charge is 0.361 e. The number of rotatable bonds is 5. The second kappa shape index (κ2) is 8.91. The Morgan fingerprint density at radius 2 is 1.84 bits per heavy atom. The molecule has 2 aromatic heterocycles. The zero-order chi connectivity index (χ0) is 21.0. The highest BCUT2D eigenvalue weighted by molar-refractivity contribution is 7.80. The lowest BCUT2D eigenvalue weighted by Crippen LogP contribution is -2.38. The molecule has 0 saturated carbocycles. The van der Waals surface area contributed by atoms with Gasteiger partial charge in [-0.3, -0.25) is 4.98 Å². The number of nitrogens with one attached hydrogen (secondary N) is 1. The summed E-state index contributed by atoms with van der Waals surface area (Å²) < 4.78 is 0. The molecule has 0 radical (unpaired) electrons. The molecule has 3 heterocycles. The van der Waals surface area contributed by atoms with Crippen molar-refractivity contribution in [3.63, 3.8) is 0 Å². The lowest BCUT2D eigenvalue weighted by Gasteiger charge is -2.24. The Hall–Kier alpha value is -3.16. The van der Waals surface area contributed by atoms with E-state index in [1.54, 1.807) is 11.3 Å². The van der Waals surface area contributed by atoms with Crippen LogP contribution in [-0.4, -0.2) is 32.3 Å². The summed E-state index contributed by atoms with van der Waals surface area (Å²) in [5.41, 5.74) is 4.95. The molecule has 2 aromatic carbocycles. The van der Waals surface area contributed by atoms with Gasteiger partial charge >= 0.3 is 0 Å². The zero-order valence-electron chi connectivity index (χ0n) is 16.8. The number of thiophene rings is 1. The van der Waals surface area contributed by atoms with E-state index in [-0.39, 0.29) is 6.04 Å². The lowest BCUT2D eigenvalue weighted by atomic mass is 10.1. The van der Waals surface area contributed by atoms with E-state index < -0.39 is 0 Å². The van der Waals surface area contributed by atoms with Gasteiger partial charge in [0.1, 0.15) is 6.04 Å². The summed E-state index contributed by atoms with van der Waals surface area (Å²) >= 11 is 7.44. The number of fused-ring (bicyclic) bond motifs is 1. The number of benzene rings is 2. The number of hydrogen-bond donors (Lipinski definition) is 1. The fourth-order valence-electron chi connectivity index (χ4n) is 3.69. The van der Waals surface area contributed by atoms with Crippen LogP contribution in [0.1, 0.15) is 28.6 Å². The molecule has 4 aromatic rings. The topological polar surface area (TPSA) is 53.4 Å². The summed E-state index contributed by atoms with van der Waals surface area (Å²) in [5.74, 6) is 0. The van der Waals surface area contributed by atoms with Crippen molar-refractivity contribution in [3.8, 4) is 0 Å². The smallest absolute Gasteiger partial charge is 0.190 e. The normalized spacial score (nSPS) is 15.8. The SMILES string of the molecule is S=C(NCCc1ccccc1)N1N=C(c2cccs2)C[C@@H]1c1cnc2ccccc2n1. The molecule has 1 aliphatic heterocycles. The van der Waals surface area contributed by atoms with Crippen LogP contribution in [0.5, 0.6) is 0 Å².